The zero-order valence-corrected chi connectivity index (χ0v) is 13.4. The summed E-state index contributed by atoms with van der Waals surface area (Å²) in [6.07, 6.45) is 5.72. The van der Waals surface area contributed by atoms with Gasteiger partial charge < -0.3 is 9.47 Å². The van der Waals surface area contributed by atoms with Crippen LogP contribution < -0.4 is 4.90 Å². The maximum atomic E-state index is 4.90. The van der Waals surface area contributed by atoms with Crippen molar-refractivity contribution in [2.45, 2.75) is 59.4 Å². The van der Waals surface area contributed by atoms with Crippen molar-refractivity contribution in [1.82, 2.24) is 19.5 Å². The highest BCUT2D eigenvalue weighted by molar-refractivity contribution is 5.84. The van der Waals surface area contributed by atoms with Crippen molar-refractivity contribution in [3.8, 4) is 0 Å². The molecule has 0 atom stereocenters. The standard InChI is InChI=1S/C16H25N5/c1-4-8-13-19-14-15(20-10-6-7-11-20)17-12(3)18-16(14)21(13)9-5-2/h4-11H2,1-3H3. The van der Waals surface area contributed by atoms with Crippen LogP contribution in [0.15, 0.2) is 0 Å². The lowest BCUT2D eigenvalue weighted by Gasteiger charge is -2.16. The van der Waals surface area contributed by atoms with E-state index in [-0.39, 0.29) is 0 Å². The van der Waals surface area contributed by atoms with Gasteiger partial charge in [-0.05, 0) is 32.6 Å². The highest BCUT2D eigenvalue weighted by Gasteiger charge is 2.22. The van der Waals surface area contributed by atoms with Gasteiger partial charge in [-0.2, -0.15) is 0 Å². The molecule has 21 heavy (non-hydrogen) atoms. The first-order chi connectivity index (χ1) is 10.2. The summed E-state index contributed by atoms with van der Waals surface area (Å²) in [5, 5.41) is 0. The van der Waals surface area contributed by atoms with Crippen molar-refractivity contribution in [1.29, 1.82) is 0 Å². The van der Waals surface area contributed by atoms with Gasteiger partial charge in [0.15, 0.2) is 17.0 Å². The van der Waals surface area contributed by atoms with Gasteiger partial charge in [0.25, 0.3) is 0 Å². The third-order valence-electron chi connectivity index (χ3n) is 4.09. The van der Waals surface area contributed by atoms with E-state index in [0.717, 1.165) is 67.5 Å². The lowest BCUT2D eigenvalue weighted by molar-refractivity contribution is 0.641. The van der Waals surface area contributed by atoms with Crippen LogP contribution in [0.2, 0.25) is 0 Å². The molecule has 1 saturated heterocycles. The van der Waals surface area contributed by atoms with Crippen molar-refractivity contribution in [3.63, 3.8) is 0 Å². The highest BCUT2D eigenvalue weighted by Crippen LogP contribution is 2.27. The van der Waals surface area contributed by atoms with Gasteiger partial charge in [-0.1, -0.05) is 13.8 Å². The summed E-state index contributed by atoms with van der Waals surface area (Å²) in [5.74, 6) is 3.06. The van der Waals surface area contributed by atoms with Gasteiger partial charge >= 0.3 is 0 Å². The minimum absolute atomic E-state index is 0.852. The van der Waals surface area contributed by atoms with E-state index < -0.39 is 0 Å². The van der Waals surface area contributed by atoms with Gasteiger partial charge in [0.2, 0.25) is 0 Å². The zero-order chi connectivity index (χ0) is 14.8. The summed E-state index contributed by atoms with van der Waals surface area (Å²) in [4.78, 5) is 16.7. The first-order valence-corrected chi connectivity index (χ1v) is 8.23. The van der Waals surface area contributed by atoms with Crippen LogP contribution in [0.5, 0.6) is 0 Å². The van der Waals surface area contributed by atoms with Crippen molar-refractivity contribution in [2.75, 3.05) is 18.0 Å². The molecule has 3 rings (SSSR count). The number of anilines is 1. The number of fused-ring (bicyclic) bond motifs is 1. The van der Waals surface area contributed by atoms with E-state index in [1.54, 1.807) is 0 Å². The van der Waals surface area contributed by atoms with Crippen molar-refractivity contribution >= 4 is 17.0 Å². The largest absolute Gasteiger partial charge is 0.355 e. The highest BCUT2D eigenvalue weighted by atomic mass is 15.2. The summed E-state index contributed by atoms with van der Waals surface area (Å²) in [6, 6.07) is 0. The van der Waals surface area contributed by atoms with Gasteiger partial charge in [0.1, 0.15) is 11.6 Å². The molecule has 5 heteroatoms. The fourth-order valence-corrected chi connectivity index (χ4v) is 3.16. The number of nitrogens with zero attached hydrogens (tertiary/aromatic N) is 5. The molecule has 0 amide bonds. The Labute approximate surface area is 126 Å². The van der Waals surface area contributed by atoms with Gasteiger partial charge in [0.05, 0.1) is 0 Å². The van der Waals surface area contributed by atoms with Gasteiger partial charge in [-0.3, -0.25) is 0 Å². The molecule has 0 N–H and O–H groups in total. The van der Waals surface area contributed by atoms with Crippen LogP contribution in [0.1, 0.15) is 51.2 Å². The van der Waals surface area contributed by atoms with Crippen molar-refractivity contribution in [3.05, 3.63) is 11.6 Å². The summed E-state index contributed by atoms with van der Waals surface area (Å²) in [6.45, 7) is 9.57. The van der Waals surface area contributed by atoms with Crippen LogP contribution in [0.3, 0.4) is 0 Å². The Hall–Kier alpha value is -1.65. The normalized spacial score (nSPS) is 15.3. The van der Waals surface area contributed by atoms with E-state index >= 15 is 0 Å². The molecule has 2 aromatic rings. The van der Waals surface area contributed by atoms with Crippen LogP contribution in [0, 0.1) is 6.92 Å². The maximum absolute atomic E-state index is 4.90. The predicted molar refractivity (Wildman–Crippen MR) is 85.8 cm³/mol. The minimum Gasteiger partial charge on any atom is -0.355 e. The fourth-order valence-electron chi connectivity index (χ4n) is 3.16. The number of aryl methyl sites for hydroxylation is 3. The van der Waals surface area contributed by atoms with E-state index in [9.17, 15) is 0 Å². The number of imidazole rings is 1. The first-order valence-electron chi connectivity index (χ1n) is 8.23. The van der Waals surface area contributed by atoms with Crippen LogP contribution >= 0.6 is 0 Å². The molecule has 0 spiro atoms. The third-order valence-corrected chi connectivity index (χ3v) is 4.09. The Bertz CT molecular complexity index is 625. The second kappa shape index (κ2) is 6.00. The molecule has 1 aliphatic heterocycles. The van der Waals surface area contributed by atoms with Crippen LogP contribution in [0.4, 0.5) is 5.82 Å². The number of rotatable bonds is 5. The lowest BCUT2D eigenvalue weighted by Crippen LogP contribution is -2.20. The molecule has 0 unspecified atom stereocenters. The average Bonchev–Trinajstić information content (AvgIpc) is 3.09. The Kier molecular flexibility index (Phi) is 4.08. The molecular weight excluding hydrogens is 262 g/mol. The van der Waals surface area contributed by atoms with Crippen molar-refractivity contribution < 1.29 is 0 Å². The average molecular weight is 287 g/mol. The van der Waals surface area contributed by atoms with E-state index in [1.807, 2.05) is 6.92 Å². The Morgan fingerprint density at radius 3 is 2.43 bits per heavy atom. The molecule has 2 aromatic heterocycles. The van der Waals surface area contributed by atoms with E-state index in [0.29, 0.717) is 0 Å². The molecule has 0 bridgehead atoms. The van der Waals surface area contributed by atoms with Crippen LogP contribution in [0.25, 0.3) is 11.2 Å². The van der Waals surface area contributed by atoms with Gasteiger partial charge in [0, 0.05) is 26.1 Å². The summed E-state index contributed by atoms with van der Waals surface area (Å²) in [7, 11) is 0. The quantitative estimate of drug-likeness (QED) is 0.848. The van der Waals surface area contributed by atoms with Gasteiger partial charge in [-0.15, -0.1) is 0 Å². The molecular formula is C16H25N5. The monoisotopic (exact) mass is 287 g/mol. The Morgan fingerprint density at radius 2 is 1.76 bits per heavy atom. The molecule has 0 aromatic carbocycles. The minimum atomic E-state index is 0.852. The van der Waals surface area contributed by atoms with E-state index in [2.05, 4.69) is 23.3 Å². The van der Waals surface area contributed by atoms with Crippen LogP contribution in [-0.2, 0) is 13.0 Å². The van der Waals surface area contributed by atoms with Gasteiger partial charge in [-0.25, -0.2) is 15.0 Å². The Morgan fingerprint density at radius 1 is 1.00 bits per heavy atom. The second-order valence-corrected chi connectivity index (χ2v) is 5.89. The zero-order valence-electron chi connectivity index (χ0n) is 13.4. The smallest absolute Gasteiger partial charge is 0.165 e. The summed E-state index contributed by atoms with van der Waals surface area (Å²) in [5.41, 5.74) is 2.02. The lowest BCUT2D eigenvalue weighted by atomic mass is 10.3. The molecule has 0 saturated carbocycles. The fraction of sp³-hybridized carbons (Fsp3) is 0.688. The molecule has 1 aliphatic rings. The Balaban J connectivity index is 2.17. The van der Waals surface area contributed by atoms with Crippen LogP contribution in [-0.4, -0.2) is 32.6 Å². The molecule has 5 nitrogen and oxygen atoms in total. The van der Waals surface area contributed by atoms with E-state index in [4.69, 9.17) is 15.0 Å². The third kappa shape index (κ3) is 2.61. The molecule has 1 fully saturated rings. The first kappa shape index (κ1) is 14.3. The number of hydrogen-bond acceptors (Lipinski definition) is 4. The van der Waals surface area contributed by atoms with Crippen molar-refractivity contribution in [2.24, 2.45) is 0 Å². The van der Waals surface area contributed by atoms with E-state index in [1.165, 1.54) is 12.8 Å². The summed E-state index contributed by atoms with van der Waals surface area (Å²) >= 11 is 0. The molecule has 0 aliphatic carbocycles. The molecule has 114 valence electrons. The maximum Gasteiger partial charge on any atom is 0.165 e. The SMILES string of the molecule is CCCc1nc2c(N3CCCC3)nc(C)nc2n1CCC. The molecule has 0 radical (unpaired) electrons. The predicted octanol–water partition coefficient (Wildman–Crippen LogP) is 3.10. The summed E-state index contributed by atoms with van der Waals surface area (Å²) < 4.78 is 2.30. The number of hydrogen-bond donors (Lipinski definition) is 0. The molecule has 3 heterocycles. The topological polar surface area (TPSA) is 46.8 Å². The number of aromatic nitrogens is 4. The second-order valence-electron chi connectivity index (χ2n) is 5.89.